The number of anilines is 1. The molecule has 56 heavy (non-hydrogen) atoms. The van der Waals surface area contributed by atoms with E-state index in [0.29, 0.717) is 37.3 Å². The van der Waals surface area contributed by atoms with E-state index in [4.69, 9.17) is 32.9 Å². The molecule has 0 unspecified atom stereocenters. The summed E-state index contributed by atoms with van der Waals surface area (Å²) in [5, 5.41) is 18.6. The van der Waals surface area contributed by atoms with Gasteiger partial charge in [-0.3, -0.25) is 14.5 Å². The first-order chi connectivity index (χ1) is 27.2. The summed E-state index contributed by atoms with van der Waals surface area (Å²) in [5.41, 5.74) is 6.75. The molecule has 0 radical (unpaired) electrons. The van der Waals surface area contributed by atoms with Crippen LogP contribution in [0.3, 0.4) is 0 Å². The molecule has 0 spiro atoms. The highest BCUT2D eigenvalue weighted by molar-refractivity contribution is 6.38. The van der Waals surface area contributed by atoms with Crippen LogP contribution in [0.15, 0.2) is 60.8 Å². The number of amides is 2. The van der Waals surface area contributed by atoms with Crippen LogP contribution in [-0.4, -0.2) is 76.9 Å². The van der Waals surface area contributed by atoms with Gasteiger partial charge in [0.2, 0.25) is 0 Å². The lowest BCUT2D eigenvalue weighted by atomic mass is 10.00. The first-order valence-corrected chi connectivity index (χ1v) is 20.1. The van der Waals surface area contributed by atoms with Crippen molar-refractivity contribution in [1.82, 2.24) is 35.6 Å². The molecular weight excluding hydrogens is 754 g/mol. The number of nitrogens with zero attached hydrogens (tertiary/aromatic N) is 4. The number of benzene rings is 3. The van der Waals surface area contributed by atoms with Gasteiger partial charge < -0.3 is 26.0 Å². The maximum absolute atomic E-state index is 15.1. The Balaban J connectivity index is 1.03. The number of aryl methyl sites for hydroxylation is 2. The molecule has 4 N–H and O–H groups in total. The van der Waals surface area contributed by atoms with Crippen LogP contribution in [0.1, 0.15) is 69.8 Å². The number of carbonyl (C=O) groups is 2. The highest BCUT2D eigenvalue weighted by Gasteiger charge is 2.24. The molecule has 14 heteroatoms. The third kappa shape index (κ3) is 9.00. The van der Waals surface area contributed by atoms with Crippen LogP contribution in [0.25, 0.3) is 22.2 Å². The van der Waals surface area contributed by atoms with E-state index in [1.54, 1.807) is 12.1 Å². The second-order valence-electron chi connectivity index (χ2n) is 14.2. The molecule has 2 aromatic heterocycles. The van der Waals surface area contributed by atoms with Gasteiger partial charge in [-0.1, -0.05) is 54.4 Å². The Morgan fingerprint density at radius 1 is 0.929 bits per heavy atom. The summed E-state index contributed by atoms with van der Waals surface area (Å²) >= 11 is 13.3. The average molecular weight is 802 g/mol. The molecule has 2 amide bonds. The van der Waals surface area contributed by atoms with Crippen molar-refractivity contribution >= 4 is 51.7 Å². The molecule has 2 fully saturated rings. The van der Waals surface area contributed by atoms with Crippen molar-refractivity contribution in [1.29, 1.82) is 0 Å². The van der Waals surface area contributed by atoms with Gasteiger partial charge in [0.25, 0.3) is 11.8 Å². The molecule has 3 aromatic carbocycles. The van der Waals surface area contributed by atoms with Gasteiger partial charge in [0.15, 0.2) is 5.65 Å². The molecule has 7 rings (SSSR count). The Bertz CT molecular complexity index is 2220. The Morgan fingerprint density at radius 2 is 1.64 bits per heavy atom. The normalized spacial score (nSPS) is 15.2. The van der Waals surface area contributed by atoms with Gasteiger partial charge in [0.05, 0.1) is 38.4 Å². The third-order valence-corrected chi connectivity index (χ3v) is 11.1. The number of pyridine rings is 1. The number of carbonyl (C=O) groups excluding carboxylic acids is 2. The lowest BCUT2D eigenvalue weighted by molar-refractivity contribution is 0.0904. The maximum atomic E-state index is 15.1. The van der Waals surface area contributed by atoms with Gasteiger partial charge >= 0.3 is 0 Å². The molecule has 11 nitrogen and oxygen atoms in total. The number of fused-ring (bicyclic) bond motifs is 1. The highest BCUT2D eigenvalue weighted by Crippen LogP contribution is 2.32. The molecule has 2 saturated heterocycles. The van der Waals surface area contributed by atoms with Crippen LogP contribution < -0.4 is 21.3 Å². The first kappa shape index (κ1) is 39.6. The Kier molecular flexibility index (Phi) is 12.8. The van der Waals surface area contributed by atoms with E-state index in [2.05, 4.69) is 37.3 Å². The minimum absolute atomic E-state index is 0.0735. The molecule has 5 aromatic rings. The Hall–Kier alpha value is -4.59. The molecule has 0 aliphatic carbocycles. The molecule has 0 atom stereocenters. The number of ether oxygens (including phenoxy) is 1. The van der Waals surface area contributed by atoms with E-state index >= 15 is 4.39 Å². The SMILES string of the molecule is CCc1nc2c(cnn2CC)c(NC2CCOCC2)c1CNC(=O)c1cc(Cl)c(C(=O)NCc2ccc(F)c(-c3cccc(CN4CCNCC4)c3)c2)cc1Cl. The summed E-state index contributed by atoms with van der Waals surface area (Å²) in [4.78, 5) is 34.3. The molecule has 2 aliphatic rings. The summed E-state index contributed by atoms with van der Waals surface area (Å²) in [5.74, 6) is -1.26. The van der Waals surface area contributed by atoms with Crippen LogP contribution >= 0.6 is 23.2 Å². The molecule has 2 aliphatic heterocycles. The van der Waals surface area contributed by atoms with Crippen molar-refractivity contribution < 1.29 is 18.7 Å². The maximum Gasteiger partial charge on any atom is 0.253 e. The lowest BCUT2D eigenvalue weighted by Crippen LogP contribution is -2.42. The summed E-state index contributed by atoms with van der Waals surface area (Å²) in [6.45, 7) is 11.1. The van der Waals surface area contributed by atoms with Gasteiger partial charge in [-0.15, -0.1) is 0 Å². The number of aromatic nitrogens is 3. The fraction of sp³-hybridized carbons (Fsp3) is 0.381. The van der Waals surface area contributed by atoms with E-state index in [-0.39, 0.29) is 46.1 Å². The number of piperazine rings is 1. The van der Waals surface area contributed by atoms with E-state index in [1.807, 2.05) is 42.9 Å². The molecule has 4 heterocycles. The predicted octanol–water partition coefficient (Wildman–Crippen LogP) is 6.98. The monoisotopic (exact) mass is 800 g/mol. The van der Waals surface area contributed by atoms with Crippen molar-refractivity contribution in [3.05, 3.63) is 110 Å². The fourth-order valence-corrected chi connectivity index (χ4v) is 7.90. The molecule has 0 saturated carbocycles. The van der Waals surface area contributed by atoms with Gasteiger partial charge in [-0.05, 0) is 73.2 Å². The zero-order valence-corrected chi connectivity index (χ0v) is 33.2. The zero-order chi connectivity index (χ0) is 39.2. The van der Waals surface area contributed by atoms with Crippen molar-refractivity contribution in [3.8, 4) is 11.1 Å². The highest BCUT2D eigenvalue weighted by atomic mass is 35.5. The van der Waals surface area contributed by atoms with E-state index in [9.17, 15) is 9.59 Å². The van der Waals surface area contributed by atoms with Gasteiger partial charge in [0.1, 0.15) is 5.82 Å². The second-order valence-corrected chi connectivity index (χ2v) is 15.0. The second kappa shape index (κ2) is 18.1. The van der Waals surface area contributed by atoms with Crippen LogP contribution in [0, 0.1) is 5.82 Å². The standard InChI is InChI=1S/C42H47Cl2FN8O3/c1-3-38-33(39(50-29-10-16-56-17-11-29)34-24-49-53(4-2)40(34)51-38)23-48-42(55)32-21-35(43)31(20-36(32)44)41(54)47-22-26-8-9-37(45)30(19-26)28-7-5-6-27(18-28)25-52-14-12-46-13-15-52/h5-9,18-21,24,29,46H,3-4,10-17,22-23,25H2,1-2H3,(H,47,54)(H,48,55)(H,50,51). The van der Waals surface area contributed by atoms with Crippen LogP contribution in [0.2, 0.25) is 10.0 Å². The topological polar surface area (TPSA) is 125 Å². The minimum atomic E-state index is -0.476. The third-order valence-electron chi connectivity index (χ3n) is 10.5. The van der Waals surface area contributed by atoms with Crippen LogP contribution in [0.5, 0.6) is 0 Å². The number of halogens is 3. The summed E-state index contributed by atoms with van der Waals surface area (Å²) in [6, 6.07) is 15.7. The fourth-order valence-electron chi connectivity index (χ4n) is 7.41. The van der Waals surface area contributed by atoms with Crippen LogP contribution in [0.4, 0.5) is 10.1 Å². The van der Waals surface area contributed by atoms with E-state index in [0.717, 1.165) is 84.7 Å². The van der Waals surface area contributed by atoms with Gasteiger partial charge in [-0.2, -0.15) is 5.10 Å². The van der Waals surface area contributed by atoms with Crippen molar-refractivity contribution in [2.24, 2.45) is 0 Å². The zero-order valence-electron chi connectivity index (χ0n) is 31.7. The summed E-state index contributed by atoms with van der Waals surface area (Å²) in [7, 11) is 0. The number of nitrogens with one attached hydrogen (secondary N) is 4. The van der Waals surface area contributed by atoms with E-state index < -0.39 is 11.8 Å². The minimum Gasteiger partial charge on any atom is -0.381 e. The number of hydrogen-bond donors (Lipinski definition) is 4. The largest absolute Gasteiger partial charge is 0.381 e. The molecular formula is C42H47Cl2FN8O3. The lowest BCUT2D eigenvalue weighted by Gasteiger charge is -2.27. The Labute approximate surface area is 336 Å². The van der Waals surface area contributed by atoms with Gasteiger partial charge in [-0.25, -0.2) is 14.1 Å². The predicted molar refractivity (Wildman–Crippen MR) is 219 cm³/mol. The summed E-state index contributed by atoms with van der Waals surface area (Å²) < 4.78 is 22.6. The smallest absolute Gasteiger partial charge is 0.253 e. The average Bonchev–Trinajstić information content (AvgIpc) is 3.64. The van der Waals surface area contributed by atoms with Crippen LogP contribution in [-0.2, 0) is 37.3 Å². The number of rotatable bonds is 13. The molecule has 294 valence electrons. The molecule has 0 bridgehead atoms. The summed E-state index contributed by atoms with van der Waals surface area (Å²) in [6.07, 6.45) is 4.20. The quantitative estimate of drug-likeness (QED) is 0.101. The van der Waals surface area contributed by atoms with E-state index in [1.165, 1.54) is 18.2 Å². The van der Waals surface area contributed by atoms with Gasteiger partial charge in [0, 0.05) is 88.4 Å². The first-order valence-electron chi connectivity index (χ1n) is 19.3. The Morgan fingerprint density at radius 3 is 2.34 bits per heavy atom. The van der Waals surface area contributed by atoms with Crippen molar-refractivity contribution in [2.45, 2.75) is 65.3 Å². The van der Waals surface area contributed by atoms with Crippen molar-refractivity contribution in [3.63, 3.8) is 0 Å². The van der Waals surface area contributed by atoms with Crippen molar-refractivity contribution in [2.75, 3.05) is 44.7 Å². The number of hydrogen-bond acceptors (Lipinski definition) is 8.